The maximum atomic E-state index is 13.2. The van der Waals surface area contributed by atoms with E-state index in [0.717, 1.165) is 23.4 Å². The lowest BCUT2D eigenvalue weighted by Crippen LogP contribution is -2.22. The highest BCUT2D eigenvalue weighted by molar-refractivity contribution is 5.49. The Morgan fingerprint density at radius 1 is 0.889 bits per heavy atom. The van der Waals surface area contributed by atoms with Crippen LogP contribution in [0.4, 0.5) is 23.2 Å². The molecule has 3 aromatic rings. The Morgan fingerprint density at radius 3 is 2.22 bits per heavy atom. The molecule has 1 atom stereocenters. The number of hydrogen-bond acceptors (Lipinski definition) is 2. The number of benzene rings is 2. The van der Waals surface area contributed by atoms with E-state index in [-0.39, 0.29) is 12.0 Å². The molecule has 27 heavy (non-hydrogen) atoms. The van der Waals surface area contributed by atoms with Crippen molar-refractivity contribution in [1.29, 1.82) is 0 Å². The first-order chi connectivity index (χ1) is 12.9. The average molecular weight is 376 g/mol. The fourth-order valence-corrected chi connectivity index (χ4v) is 3.19. The zero-order chi connectivity index (χ0) is 19.0. The van der Waals surface area contributed by atoms with E-state index in [1.807, 2.05) is 17.2 Å². The fraction of sp³-hybridized carbons (Fsp3) is 0.200. The molecule has 1 aliphatic rings. The summed E-state index contributed by atoms with van der Waals surface area (Å²) in [5, 5.41) is 0. The van der Waals surface area contributed by atoms with Crippen LogP contribution in [-0.4, -0.2) is 17.7 Å². The first-order valence-electron chi connectivity index (χ1n) is 8.41. The standard InChI is InChI=1S/C20H16F4N2O/c21-16-3-7-18(8-4-16)26-11-12-27-19(26)14-9-10-25(13-14)17-5-1-15(2-6-17)20(22,23)24/h1-10,13,19H,11-12H2. The molecule has 140 valence electrons. The van der Waals surface area contributed by atoms with Crippen LogP contribution in [0, 0.1) is 5.82 Å². The number of alkyl halides is 3. The van der Waals surface area contributed by atoms with Crippen LogP contribution >= 0.6 is 0 Å². The molecular weight excluding hydrogens is 360 g/mol. The number of hydrogen-bond donors (Lipinski definition) is 0. The highest BCUT2D eigenvalue weighted by atomic mass is 19.4. The Hall–Kier alpha value is -2.80. The summed E-state index contributed by atoms with van der Waals surface area (Å²) in [5.41, 5.74) is 1.67. The number of nitrogens with zero attached hydrogens (tertiary/aromatic N) is 2. The molecule has 4 rings (SSSR count). The molecule has 1 unspecified atom stereocenters. The summed E-state index contributed by atoms with van der Waals surface area (Å²) < 4.78 is 58.9. The van der Waals surface area contributed by atoms with Gasteiger partial charge in [0.25, 0.3) is 0 Å². The Kier molecular flexibility index (Phi) is 4.39. The summed E-state index contributed by atoms with van der Waals surface area (Å²) in [7, 11) is 0. The van der Waals surface area contributed by atoms with Gasteiger partial charge in [-0.3, -0.25) is 0 Å². The van der Waals surface area contributed by atoms with Crippen molar-refractivity contribution in [3.63, 3.8) is 0 Å². The zero-order valence-corrected chi connectivity index (χ0v) is 14.2. The van der Waals surface area contributed by atoms with Crippen LogP contribution in [0.15, 0.2) is 67.0 Å². The third kappa shape index (κ3) is 3.55. The van der Waals surface area contributed by atoms with Gasteiger partial charge in [-0.2, -0.15) is 13.2 Å². The minimum absolute atomic E-state index is 0.302. The van der Waals surface area contributed by atoms with Crippen molar-refractivity contribution < 1.29 is 22.3 Å². The van der Waals surface area contributed by atoms with Gasteiger partial charge in [-0.15, -0.1) is 0 Å². The van der Waals surface area contributed by atoms with E-state index in [1.54, 1.807) is 22.9 Å². The topological polar surface area (TPSA) is 17.4 Å². The maximum absolute atomic E-state index is 13.2. The lowest BCUT2D eigenvalue weighted by atomic mass is 10.2. The lowest BCUT2D eigenvalue weighted by molar-refractivity contribution is -0.137. The molecule has 0 N–H and O–H groups in total. The van der Waals surface area contributed by atoms with E-state index in [0.29, 0.717) is 18.8 Å². The molecule has 2 aromatic carbocycles. The summed E-state index contributed by atoms with van der Waals surface area (Å²) in [5.74, 6) is -0.302. The van der Waals surface area contributed by atoms with Gasteiger partial charge in [-0.1, -0.05) is 0 Å². The third-order valence-corrected chi connectivity index (χ3v) is 4.54. The van der Waals surface area contributed by atoms with Crippen molar-refractivity contribution in [2.75, 3.05) is 18.1 Å². The SMILES string of the molecule is Fc1ccc(N2CCOC2c2ccn(-c3ccc(C(F)(F)F)cc3)c2)cc1. The van der Waals surface area contributed by atoms with Crippen LogP contribution < -0.4 is 4.90 Å². The van der Waals surface area contributed by atoms with Gasteiger partial charge >= 0.3 is 6.18 Å². The molecule has 0 aliphatic carbocycles. The Balaban J connectivity index is 1.57. The highest BCUT2D eigenvalue weighted by Gasteiger charge is 2.30. The second kappa shape index (κ2) is 6.74. The van der Waals surface area contributed by atoms with Gasteiger partial charge in [-0.25, -0.2) is 4.39 Å². The Bertz CT molecular complexity index is 916. The summed E-state index contributed by atoms with van der Waals surface area (Å²) in [6.45, 7) is 1.20. The molecule has 0 saturated carbocycles. The second-order valence-corrected chi connectivity index (χ2v) is 6.29. The van der Waals surface area contributed by atoms with Crippen LogP contribution in [-0.2, 0) is 10.9 Å². The van der Waals surface area contributed by atoms with Crippen molar-refractivity contribution >= 4 is 5.69 Å². The molecule has 0 radical (unpaired) electrons. The Labute approximate surface area is 153 Å². The van der Waals surface area contributed by atoms with Crippen LogP contribution in [0.5, 0.6) is 0 Å². The summed E-state index contributed by atoms with van der Waals surface area (Å²) in [6.07, 6.45) is -1.07. The van der Waals surface area contributed by atoms with Gasteiger partial charge in [0.05, 0.1) is 12.2 Å². The first kappa shape index (κ1) is 17.6. The summed E-state index contributed by atoms with van der Waals surface area (Å²) in [4.78, 5) is 2.02. The minimum Gasteiger partial charge on any atom is -0.352 e. The first-order valence-corrected chi connectivity index (χ1v) is 8.41. The largest absolute Gasteiger partial charge is 0.416 e. The number of ether oxygens (including phenoxy) is 1. The number of anilines is 1. The molecule has 0 amide bonds. The monoisotopic (exact) mass is 376 g/mol. The van der Waals surface area contributed by atoms with Crippen molar-refractivity contribution in [3.8, 4) is 5.69 Å². The van der Waals surface area contributed by atoms with Crippen molar-refractivity contribution in [3.05, 3.63) is 83.9 Å². The predicted molar refractivity (Wildman–Crippen MR) is 93.2 cm³/mol. The lowest BCUT2D eigenvalue weighted by Gasteiger charge is -2.24. The molecule has 1 aromatic heterocycles. The van der Waals surface area contributed by atoms with Gasteiger partial charge in [0.1, 0.15) is 5.82 Å². The van der Waals surface area contributed by atoms with E-state index in [2.05, 4.69) is 0 Å². The Morgan fingerprint density at radius 2 is 1.56 bits per heavy atom. The molecule has 0 spiro atoms. The van der Waals surface area contributed by atoms with Gasteiger partial charge in [-0.05, 0) is 54.6 Å². The van der Waals surface area contributed by atoms with E-state index < -0.39 is 11.7 Å². The number of rotatable bonds is 3. The van der Waals surface area contributed by atoms with E-state index in [1.165, 1.54) is 24.3 Å². The smallest absolute Gasteiger partial charge is 0.352 e. The van der Waals surface area contributed by atoms with Crippen LogP contribution in [0.3, 0.4) is 0 Å². The number of aromatic nitrogens is 1. The molecule has 7 heteroatoms. The van der Waals surface area contributed by atoms with Gasteiger partial charge in [0, 0.05) is 35.9 Å². The molecule has 0 bridgehead atoms. The van der Waals surface area contributed by atoms with E-state index in [4.69, 9.17) is 4.74 Å². The molecular formula is C20H16F4N2O. The average Bonchev–Trinajstić information content (AvgIpc) is 3.31. The van der Waals surface area contributed by atoms with Crippen LogP contribution in [0.25, 0.3) is 5.69 Å². The summed E-state index contributed by atoms with van der Waals surface area (Å²) in [6, 6.07) is 13.0. The van der Waals surface area contributed by atoms with E-state index >= 15 is 0 Å². The van der Waals surface area contributed by atoms with Gasteiger partial charge in [0.2, 0.25) is 0 Å². The fourth-order valence-electron chi connectivity index (χ4n) is 3.19. The van der Waals surface area contributed by atoms with Crippen LogP contribution in [0.2, 0.25) is 0 Å². The quantitative estimate of drug-likeness (QED) is 0.587. The normalized spacial score (nSPS) is 17.5. The maximum Gasteiger partial charge on any atom is 0.416 e. The predicted octanol–water partition coefficient (Wildman–Crippen LogP) is 5.17. The third-order valence-electron chi connectivity index (χ3n) is 4.54. The molecule has 1 saturated heterocycles. The highest BCUT2D eigenvalue weighted by Crippen LogP contribution is 2.33. The second-order valence-electron chi connectivity index (χ2n) is 6.29. The van der Waals surface area contributed by atoms with E-state index in [9.17, 15) is 17.6 Å². The number of halogens is 4. The molecule has 2 heterocycles. The van der Waals surface area contributed by atoms with Crippen LogP contribution in [0.1, 0.15) is 17.4 Å². The molecule has 3 nitrogen and oxygen atoms in total. The molecule has 1 fully saturated rings. The van der Waals surface area contributed by atoms with Gasteiger partial charge in [0.15, 0.2) is 6.23 Å². The van der Waals surface area contributed by atoms with Crippen molar-refractivity contribution in [2.24, 2.45) is 0 Å². The summed E-state index contributed by atoms with van der Waals surface area (Å²) >= 11 is 0. The van der Waals surface area contributed by atoms with Gasteiger partial charge < -0.3 is 14.2 Å². The minimum atomic E-state index is -4.35. The zero-order valence-electron chi connectivity index (χ0n) is 14.2. The van der Waals surface area contributed by atoms with Crippen molar-refractivity contribution in [1.82, 2.24) is 4.57 Å². The van der Waals surface area contributed by atoms with Crippen molar-refractivity contribution in [2.45, 2.75) is 12.4 Å². The molecule has 1 aliphatic heterocycles.